The first-order chi connectivity index (χ1) is 11.1. The van der Waals surface area contributed by atoms with Gasteiger partial charge >= 0.3 is 0 Å². The highest BCUT2D eigenvalue weighted by atomic mass is 35.5. The Morgan fingerprint density at radius 3 is 1.91 bits per heavy atom. The van der Waals surface area contributed by atoms with Crippen molar-refractivity contribution in [3.05, 3.63) is 94.0 Å². The number of hydrogen-bond acceptors (Lipinski definition) is 2. The van der Waals surface area contributed by atoms with Gasteiger partial charge in [-0.05, 0) is 60.7 Å². The Balaban J connectivity index is 1.78. The minimum absolute atomic E-state index is 0.117. The van der Waals surface area contributed by atoms with E-state index < -0.39 is 0 Å². The molecule has 0 heterocycles. The standard InChI is InChI=1S/C19H12Cl2O2/c20-14-7-11-16(12-8-14)23-15-9-5-13(6-10-15)19(22)17-3-1-2-4-18(17)21/h1-12H. The van der Waals surface area contributed by atoms with E-state index in [2.05, 4.69) is 0 Å². The molecule has 0 bridgehead atoms. The smallest absolute Gasteiger partial charge is 0.194 e. The van der Waals surface area contributed by atoms with Crippen molar-refractivity contribution < 1.29 is 9.53 Å². The fourth-order valence-corrected chi connectivity index (χ4v) is 2.46. The lowest BCUT2D eigenvalue weighted by Crippen LogP contribution is -2.01. The molecule has 3 rings (SSSR count). The first kappa shape index (κ1) is 15.6. The van der Waals surface area contributed by atoms with Crippen LogP contribution in [0.4, 0.5) is 0 Å². The molecular formula is C19H12Cl2O2. The van der Waals surface area contributed by atoms with Crippen molar-refractivity contribution in [2.75, 3.05) is 0 Å². The van der Waals surface area contributed by atoms with Crippen LogP contribution in [-0.2, 0) is 0 Å². The van der Waals surface area contributed by atoms with Gasteiger partial charge in [-0.1, -0.05) is 35.3 Å². The summed E-state index contributed by atoms with van der Waals surface area (Å²) in [6, 6.07) is 21.0. The van der Waals surface area contributed by atoms with Gasteiger partial charge in [0.2, 0.25) is 0 Å². The number of ether oxygens (including phenoxy) is 1. The number of hydrogen-bond donors (Lipinski definition) is 0. The van der Waals surface area contributed by atoms with Crippen LogP contribution in [0, 0.1) is 0 Å². The minimum atomic E-state index is -0.117. The van der Waals surface area contributed by atoms with E-state index >= 15 is 0 Å². The lowest BCUT2D eigenvalue weighted by atomic mass is 10.0. The monoisotopic (exact) mass is 342 g/mol. The lowest BCUT2D eigenvalue weighted by Gasteiger charge is -2.07. The Bertz CT molecular complexity index is 825. The molecule has 0 atom stereocenters. The number of benzene rings is 3. The zero-order valence-corrected chi connectivity index (χ0v) is 13.5. The van der Waals surface area contributed by atoms with Crippen LogP contribution >= 0.6 is 23.2 Å². The maximum atomic E-state index is 12.4. The highest BCUT2D eigenvalue weighted by Crippen LogP contribution is 2.25. The van der Waals surface area contributed by atoms with Crippen molar-refractivity contribution in [2.45, 2.75) is 0 Å². The molecular weight excluding hydrogens is 331 g/mol. The fraction of sp³-hybridized carbons (Fsp3) is 0. The Morgan fingerprint density at radius 1 is 0.739 bits per heavy atom. The Morgan fingerprint density at radius 2 is 1.30 bits per heavy atom. The van der Waals surface area contributed by atoms with Crippen molar-refractivity contribution in [2.24, 2.45) is 0 Å². The van der Waals surface area contributed by atoms with Crippen molar-refractivity contribution in [3.63, 3.8) is 0 Å². The molecule has 0 unspecified atom stereocenters. The topological polar surface area (TPSA) is 26.3 Å². The molecule has 114 valence electrons. The van der Waals surface area contributed by atoms with Gasteiger partial charge in [-0.15, -0.1) is 0 Å². The summed E-state index contributed by atoms with van der Waals surface area (Å²) in [4.78, 5) is 12.4. The van der Waals surface area contributed by atoms with Crippen LogP contribution in [0.3, 0.4) is 0 Å². The molecule has 0 radical (unpaired) electrons. The second kappa shape index (κ2) is 6.86. The van der Waals surface area contributed by atoms with Gasteiger partial charge in [-0.25, -0.2) is 0 Å². The molecule has 0 aromatic heterocycles. The summed E-state index contributed by atoms with van der Waals surface area (Å²) in [5, 5.41) is 1.09. The molecule has 0 N–H and O–H groups in total. The SMILES string of the molecule is O=C(c1ccc(Oc2ccc(Cl)cc2)cc1)c1ccccc1Cl. The summed E-state index contributed by atoms with van der Waals surface area (Å²) in [6.45, 7) is 0. The van der Waals surface area contributed by atoms with Crippen molar-refractivity contribution >= 4 is 29.0 Å². The number of carbonyl (C=O) groups is 1. The van der Waals surface area contributed by atoms with Gasteiger partial charge in [0.1, 0.15) is 11.5 Å². The van der Waals surface area contributed by atoms with Crippen molar-refractivity contribution in [1.82, 2.24) is 0 Å². The van der Waals surface area contributed by atoms with E-state index in [0.29, 0.717) is 32.7 Å². The van der Waals surface area contributed by atoms with Gasteiger partial charge in [-0.3, -0.25) is 4.79 Å². The van der Waals surface area contributed by atoms with Gasteiger partial charge in [0.05, 0.1) is 5.02 Å². The van der Waals surface area contributed by atoms with Gasteiger partial charge in [-0.2, -0.15) is 0 Å². The number of carbonyl (C=O) groups excluding carboxylic acids is 1. The maximum absolute atomic E-state index is 12.4. The van der Waals surface area contributed by atoms with Crippen LogP contribution in [0.5, 0.6) is 11.5 Å². The second-order valence-electron chi connectivity index (χ2n) is 4.89. The Kier molecular flexibility index (Phi) is 4.65. The third-order valence-corrected chi connectivity index (χ3v) is 3.87. The first-order valence-electron chi connectivity index (χ1n) is 6.96. The van der Waals surface area contributed by atoms with Gasteiger partial charge in [0, 0.05) is 16.1 Å². The van der Waals surface area contributed by atoms with Gasteiger partial charge in [0.15, 0.2) is 5.78 Å². The Hall–Kier alpha value is -2.29. The summed E-state index contributed by atoms with van der Waals surface area (Å²) in [5.41, 5.74) is 1.04. The van der Waals surface area contributed by atoms with Crippen LogP contribution in [0.1, 0.15) is 15.9 Å². The van der Waals surface area contributed by atoms with E-state index in [9.17, 15) is 4.79 Å². The third-order valence-electron chi connectivity index (χ3n) is 3.28. The fourth-order valence-electron chi connectivity index (χ4n) is 2.11. The summed E-state index contributed by atoms with van der Waals surface area (Å²) < 4.78 is 5.70. The summed E-state index contributed by atoms with van der Waals surface area (Å²) in [5.74, 6) is 1.20. The molecule has 0 saturated carbocycles. The zero-order chi connectivity index (χ0) is 16.2. The molecule has 23 heavy (non-hydrogen) atoms. The average Bonchev–Trinajstić information content (AvgIpc) is 2.57. The quantitative estimate of drug-likeness (QED) is 0.542. The summed E-state index contributed by atoms with van der Waals surface area (Å²) in [7, 11) is 0. The molecule has 3 aromatic rings. The second-order valence-corrected chi connectivity index (χ2v) is 5.73. The van der Waals surface area contributed by atoms with E-state index in [4.69, 9.17) is 27.9 Å². The van der Waals surface area contributed by atoms with Gasteiger partial charge in [0.25, 0.3) is 0 Å². The van der Waals surface area contributed by atoms with E-state index in [1.807, 2.05) is 0 Å². The van der Waals surface area contributed by atoms with Gasteiger partial charge < -0.3 is 4.74 Å². The van der Waals surface area contributed by atoms with E-state index in [0.717, 1.165) is 0 Å². The van der Waals surface area contributed by atoms with E-state index in [1.165, 1.54) is 0 Å². The molecule has 0 spiro atoms. The normalized spacial score (nSPS) is 10.3. The molecule has 0 aliphatic heterocycles. The highest BCUT2D eigenvalue weighted by Gasteiger charge is 2.12. The summed E-state index contributed by atoms with van der Waals surface area (Å²) in [6.07, 6.45) is 0. The molecule has 2 nitrogen and oxygen atoms in total. The van der Waals surface area contributed by atoms with Crippen LogP contribution in [0.25, 0.3) is 0 Å². The van der Waals surface area contributed by atoms with Crippen LogP contribution in [0.2, 0.25) is 10.0 Å². The predicted octanol–water partition coefficient (Wildman–Crippen LogP) is 6.02. The minimum Gasteiger partial charge on any atom is -0.457 e. The molecule has 4 heteroatoms. The van der Waals surface area contributed by atoms with Crippen molar-refractivity contribution in [1.29, 1.82) is 0 Å². The molecule has 0 amide bonds. The molecule has 0 aliphatic rings. The van der Waals surface area contributed by atoms with Crippen molar-refractivity contribution in [3.8, 4) is 11.5 Å². The Labute approximate surface area is 144 Å². The first-order valence-corrected chi connectivity index (χ1v) is 7.72. The maximum Gasteiger partial charge on any atom is 0.194 e. The zero-order valence-electron chi connectivity index (χ0n) is 12.0. The summed E-state index contributed by atoms with van der Waals surface area (Å²) >= 11 is 11.9. The largest absolute Gasteiger partial charge is 0.457 e. The van der Waals surface area contributed by atoms with Crippen LogP contribution in [0.15, 0.2) is 72.8 Å². The van der Waals surface area contributed by atoms with Crippen LogP contribution in [-0.4, -0.2) is 5.78 Å². The van der Waals surface area contributed by atoms with Crippen LogP contribution < -0.4 is 4.74 Å². The molecule has 0 aliphatic carbocycles. The third kappa shape index (κ3) is 3.73. The molecule has 3 aromatic carbocycles. The number of rotatable bonds is 4. The number of halogens is 2. The molecule has 0 saturated heterocycles. The molecule has 0 fully saturated rings. The lowest BCUT2D eigenvalue weighted by molar-refractivity contribution is 0.103. The predicted molar refractivity (Wildman–Crippen MR) is 92.9 cm³/mol. The number of ketones is 1. The van der Waals surface area contributed by atoms with E-state index in [1.54, 1.807) is 72.8 Å². The van der Waals surface area contributed by atoms with E-state index in [-0.39, 0.29) is 5.78 Å². The highest BCUT2D eigenvalue weighted by molar-refractivity contribution is 6.35. The average molecular weight is 343 g/mol.